The number of aromatic nitrogens is 1. The molecule has 104 valence electrons. The standard InChI is InChI=1S/C15H17N3O2/c1-17-7-3-6-14(17)11-16-12-4-2-5-13(10-12)18-8-9-20-15(18)19/h2-7,10,16H,8-9,11H2,1H3. The van der Waals surface area contributed by atoms with Crippen LogP contribution >= 0.6 is 0 Å². The number of hydrogen-bond acceptors (Lipinski definition) is 3. The van der Waals surface area contributed by atoms with Crippen molar-refractivity contribution in [2.45, 2.75) is 6.54 Å². The Morgan fingerprint density at radius 2 is 2.20 bits per heavy atom. The molecule has 0 bridgehead atoms. The molecule has 0 saturated carbocycles. The normalized spacial score (nSPS) is 14.4. The van der Waals surface area contributed by atoms with E-state index in [9.17, 15) is 4.79 Å². The molecule has 2 heterocycles. The summed E-state index contributed by atoms with van der Waals surface area (Å²) in [4.78, 5) is 13.2. The topological polar surface area (TPSA) is 46.5 Å². The lowest BCUT2D eigenvalue weighted by molar-refractivity contribution is 0.181. The third-order valence-corrected chi connectivity index (χ3v) is 3.44. The van der Waals surface area contributed by atoms with Gasteiger partial charge < -0.3 is 14.6 Å². The van der Waals surface area contributed by atoms with Gasteiger partial charge in [-0.3, -0.25) is 4.90 Å². The molecule has 1 aromatic carbocycles. The Morgan fingerprint density at radius 1 is 1.30 bits per heavy atom. The Bertz CT molecular complexity index is 621. The Kier molecular flexibility index (Phi) is 3.33. The molecule has 1 fully saturated rings. The minimum atomic E-state index is -0.274. The lowest BCUT2D eigenvalue weighted by atomic mass is 10.2. The van der Waals surface area contributed by atoms with E-state index in [1.54, 1.807) is 4.90 Å². The van der Waals surface area contributed by atoms with Crippen LogP contribution in [0.4, 0.5) is 16.2 Å². The molecule has 0 unspecified atom stereocenters. The van der Waals surface area contributed by atoms with Gasteiger partial charge in [0.05, 0.1) is 13.1 Å². The van der Waals surface area contributed by atoms with Crippen molar-refractivity contribution >= 4 is 17.5 Å². The van der Waals surface area contributed by atoms with Crippen LogP contribution in [0.1, 0.15) is 5.69 Å². The number of rotatable bonds is 4. The average molecular weight is 271 g/mol. The third kappa shape index (κ3) is 2.47. The van der Waals surface area contributed by atoms with Crippen molar-refractivity contribution in [3.05, 3.63) is 48.3 Å². The summed E-state index contributed by atoms with van der Waals surface area (Å²) in [7, 11) is 2.02. The molecule has 1 N–H and O–H groups in total. The summed E-state index contributed by atoms with van der Waals surface area (Å²) in [6, 6.07) is 11.9. The van der Waals surface area contributed by atoms with Crippen LogP contribution < -0.4 is 10.2 Å². The van der Waals surface area contributed by atoms with Crippen LogP contribution in [0.3, 0.4) is 0 Å². The van der Waals surface area contributed by atoms with Gasteiger partial charge in [-0.05, 0) is 30.3 Å². The number of benzene rings is 1. The maximum Gasteiger partial charge on any atom is 0.414 e. The molecule has 1 aliphatic heterocycles. The maximum atomic E-state index is 11.6. The largest absolute Gasteiger partial charge is 0.447 e. The van der Waals surface area contributed by atoms with Gasteiger partial charge in [-0.2, -0.15) is 0 Å². The van der Waals surface area contributed by atoms with Gasteiger partial charge in [0.2, 0.25) is 0 Å². The van der Waals surface area contributed by atoms with Crippen LogP contribution in [0.2, 0.25) is 0 Å². The molecule has 1 saturated heterocycles. The van der Waals surface area contributed by atoms with Crippen molar-refractivity contribution in [1.29, 1.82) is 0 Å². The predicted molar refractivity (Wildman–Crippen MR) is 77.9 cm³/mol. The number of nitrogens with one attached hydrogen (secondary N) is 1. The Hall–Kier alpha value is -2.43. The maximum absolute atomic E-state index is 11.6. The number of anilines is 2. The fourth-order valence-corrected chi connectivity index (χ4v) is 2.28. The minimum Gasteiger partial charge on any atom is -0.447 e. The molecule has 5 heteroatoms. The highest BCUT2D eigenvalue weighted by atomic mass is 16.6. The van der Waals surface area contributed by atoms with Gasteiger partial charge in [0.1, 0.15) is 6.61 Å². The number of carbonyl (C=O) groups excluding carboxylic acids is 1. The fourth-order valence-electron chi connectivity index (χ4n) is 2.28. The first-order valence-electron chi connectivity index (χ1n) is 6.62. The van der Waals surface area contributed by atoms with Gasteiger partial charge >= 0.3 is 6.09 Å². The highest BCUT2D eigenvalue weighted by molar-refractivity contribution is 5.89. The highest BCUT2D eigenvalue weighted by Crippen LogP contribution is 2.22. The average Bonchev–Trinajstić information content (AvgIpc) is 3.05. The fraction of sp³-hybridized carbons (Fsp3) is 0.267. The summed E-state index contributed by atoms with van der Waals surface area (Å²) in [6.45, 7) is 1.82. The second-order valence-corrected chi connectivity index (χ2v) is 4.78. The van der Waals surface area contributed by atoms with Gasteiger partial charge in [-0.1, -0.05) is 6.07 Å². The molecule has 1 aliphatic rings. The highest BCUT2D eigenvalue weighted by Gasteiger charge is 2.23. The zero-order valence-corrected chi connectivity index (χ0v) is 11.4. The Balaban J connectivity index is 1.71. The van der Waals surface area contributed by atoms with Gasteiger partial charge in [0.25, 0.3) is 0 Å². The number of ether oxygens (including phenoxy) is 1. The van der Waals surface area contributed by atoms with E-state index in [1.165, 1.54) is 5.69 Å². The monoisotopic (exact) mass is 271 g/mol. The molecule has 1 amide bonds. The molecule has 1 aromatic heterocycles. The van der Waals surface area contributed by atoms with Crippen molar-refractivity contribution in [1.82, 2.24) is 4.57 Å². The summed E-state index contributed by atoms with van der Waals surface area (Å²) < 4.78 is 7.04. The smallest absolute Gasteiger partial charge is 0.414 e. The number of amides is 1. The van der Waals surface area contributed by atoms with Crippen LogP contribution in [-0.2, 0) is 18.3 Å². The van der Waals surface area contributed by atoms with Crippen molar-refractivity contribution in [3.63, 3.8) is 0 Å². The summed E-state index contributed by atoms with van der Waals surface area (Å²) >= 11 is 0. The van der Waals surface area contributed by atoms with Crippen molar-refractivity contribution < 1.29 is 9.53 Å². The predicted octanol–water partition coefficient (Wildman–Crippen LogP) is 2.59. The van der Waals surface area contributed by atoms with E-state index in [-0.39, 0.29) is 6.09 Å². The van der Waals surface area contributed by atoms with Crippen molar-refractivity contribution in [2.75, 3.05) is 23.4 Å². The summed E-state index contributed by atoms with van der Waals surface area (Å²) in [5.74, 6) is 0. The van der Waals surface area contributed by atoms with Crippen LogP contribution in [0.15, 0.2) is 42.6 Å². The molecular weight excluding hydrogens is 254 g/mol. The Labute approximate surface area is 117 Å². The van der Waals surface area contributed by atoms with E-state index in [1.807, 2.05) is 43.6 Å². The summed E-state index contributed by atoms with van der Waals surface area (Å²) in [5.41, 5.74) is 3.06. The summed E-state index contributed by atoms with van der Waals surface area (Å²) in [5, 5.41) is 3.37. The zero-order valence-electron chi connectivity index (χ0n) is 11.4. The molecule has 20 heavy (non-hydrogen) atoms. The number of aryl methyl sites for hydroxylation is 1. The molecule has 0 radical (unpaired) electrons. The lowest BCUT2D eigenvalue weighted by Crippen LogP contribution is -2.23. The molecule has 5 nitrogen and oxygen atoms in total. The van der Waals surface area contributed by atoms with Gasteiger partial charge in [0, 0.05) is 30.3 Å². The van der Waals surface area contributed by atoms with E-state index in [2.05, 4.69) is 16.0 Å². The number of nitrogens with zero attached hydrogens (tertiary/aromatic N) is 2. The van der Waals surface area contributed by atoms with Crippen LogP contribution in [0.5, 0.6) is 0 Å². The summed E-state index contributed by atoms with van der Waals surface area (Å²) in [6.07, 6.45) is 1.75. The minimum absolute atomic E-state index is 0.274. The van der Waals surface area contributed by atoms with E-state index in [0.29, 0.717) is 13.2 Å². The van der Waals surface area contributed by atoms with E-state index >= 15 is 0 Å². The van der Waals surface area contributed by atoms with Gasteiger partial charge in [-0.25, -0.2) is 4.79 Å². The van der Waals surface area contributed by atoms with Crippen LogP contribution in [-0.4, -0.2) is 23.8 Å². The Morgan fingerprint density at radius 3 is 2.90 bits per heavy atom. The first-order chi connectivity index (χ1) is 9.74. The second kappa shape index (κ2) is 5.28. The molecule has 0 aliphatic carbocycles. The zero-order chi connectivity index (χ0) is 13.9. The van der Waals surface area contributed by atoms with Crippen molar-refractivity contribution in [3.8, 4) is 0 Å². The number of carbonyl (C=O) groups is 1. The van der Waals surface area contributed by atoms with E-state index in [4.69, 9.17) is 4.74 Å². The van der Waals surface area contributed by atoms with Crippen molar-refractivity contribution in [2.24, 2.45) is 7.05 Å². The number of cyclic esters (lactones) is 1. The van der Waals surface area contributed by atoms with Gasteiger partial charge in [-0.15, -0.1) is 0 Å². The van der Waals surface area contributed by atoms with Crippen LogP contribution in [0, 0.1) is 0 Å². The lowest BCUT2D eigenvalue weighted by Gasteiger charge is -2.14. The molecule has 2 aromatic rings. The third-order valence-electron chi connectivity index (χ3n) is 3.44. The first kappa shape index (κ1) is 12.6. The molecular formula is C15H17N3O2. The first-order valence-corrected chi connectivity index (χ1v) is 6.62. The van der Waals surface area contributed by atoms with Gasteiger partial charge in [0.15, 0.2) is 0 Å². The number of hydrogen-bond donors (Lipinski definition) is 1. The second-order valence-electron chi connectivity index (χ2n) is 4.78. The van der Waals surface area contributed by atoms with E-state index < -0.39 is 0 Å². The molecule has 3 rings (SSSR count). The SMILES string of the molecule is Cn1cccc1CNc1cccc(N2CCOC2=O)c1. The van der Waals surface area contributed by atoms with E-state index in [0.717, 1.165) is 17.9 Å². The quantitative estimate of drug-likeness (QED) is 0.929. The molecule has 0 atom stereocenters. The van der Waals surface area contributed by atoms with Crippen LogP contribution in [0.25, 0.3) is 0 Å². The molecule has 0 spiro atoms.